The van der Waals surface area contributed by atoms with Crippen LogP contribution in [0.2, 0.25) is 0 Å². The summed E-state index contributed by atoms with van der Waals surface area (Å²) in [5.74, 6) is 0. The largest absolute Gasteiger partial charge is 0.382 e. The summed E-state index contributed by atoms with van der Waals surface area (Å²) in [6.07, 6.45) is 0. The zero-order valence-corrected chi connectivity index (χ0v) is 15.7. The maximum Gasteiger partial charge on any atom is 0.111 e. The molecule has 2 aromatic rings. The van der Waals surface area contributed by atoms with Crippen LogP contribution in [0.25, 0.3) is 0 Å². The molecule has 0 unspecified atom stereocenters. The summed E-state index contributed by atoms with van der Waals surface area (Å²) in [6.45, 7) is 7.79. The highest BCUT2D eigenvalue weighted by atomic mass is 31.2. The standard InChI is InChI=1S/C20H27O4P/c1-21-13-14-22-15-16-23-17-18-24-25(2,19-9-5-3-6-10-19)20-11-7-4-8-12-20/h3-12H,2,13-18H2,1H3. The van der Waals surface area contributed by atoms with Crippen LogP contribution in [0.1, 0.15) is 0 Å². The van der Waals surface area contributed by atoms with E-state index >= 15 is 0 Å². The first kappa shape index (κ1) is 20.0. The van der Waals surface area contributed by atoms with Gasteiger partial charge in [0.15, 0.2) is 0 Å². The van der Waals surface area contributed by atoms with E-state index in [9.17, 15) is 0 Å². The molecule has 0 aromatic heterocycles. The molecule has 0 radical (unpaired) electrons. The van der Waals surface area contributed by atoms with Gasteiger partial charge in [-0.2, -0.15) is 0 Å². The lowest BCUT2D eigenvalue weighted by Crippen LogP contribution is -2.23. The average molecular weight is 362 g/mol. The van der Waals surface area contributed by atoms with Gasteiger partial charge in [0.1, 0.15) is 6.61 Å². The monoisotopic (exact) mass is 362 g/mol. The molecule has 0 saturated heterocycles. The van der Waals surface area contributed by atoms with E-state index < -0.39 is 7.49 Å². The highest BCUT2D eigenvalue weighted by molar-refractivity contribution is 7.86. The molecule has 0 saturated carbocycles. The molecule has 5 heteroatoms. The van der Waals surface area contributed by atoms with E-state index in [1.165, 1.54) is 0 Å². The molecule has 25 heavy (non-hydrogen) atoms. The van der Waals surface area contributed by atoms with Crippen LogP contribution in [0.5, 0.6) is 0 Å². The van der Waals surface area contributed by atoms with Gasteiger partial charge in [-0.25, -0.2) is 0 Å². The second-order valence-electron chi connectivity index (χ2n) is 5.46. The van der Waals surface area contributed by atoms with Crippen molar-refractivity contribution >= 4 is 18.1 Å². The molecule has 136 valence electrons. The molecule has 0 atom stereocenters. The third-order valence-corrected chi connectivity index (χ3v) is 6.58. The fourth-order valence-electron chi connectivity index (χ4n) is 2.35. The lowest BCUT2D eigenvalue weighted by molar-refractivity contribution is 0.0187. The first-order valence-electron chi connectivity index (χ1n) is 8.41. The second kappa shape index (κ2) is 11.3. The minimum absolute atomic E-state index is 0.499. The van der Waals surface area contributed by atoms with E-state index in [1.807, 2.05) is 36.4 Å². The van der Waals surface area contributed by atoms with Crippen LogP contribution in [0.3, 0.4) is 0 Å². The second-order valence-corrected chi connectivity index (χ2v) is 8.23. The van der Waals surface area contributed by atoms with Gasteiger partial charge in [0, 0.05) is 7.11 Å². The van der Waals surface area contributed by atoms with Crippen LogP contribution in [0.15, 0.2) is 60.7 Å². The van der Waals surface area contributed by atoms with Gasteiger partial charge >= 0.3 is 0 Å². The number of methoxy groups -OCH3 is 1. The van der Waals surface area contributed by atoms with Gasteiger partial charge < -0.3 is 14.2 Å². The minimum Gasteiger partial charge on any atom is -0.382 e. The van der Waals surface area contributed by atoms with Crippen molar-refractivity contribution in [2.24, 2.45) is 0 Å². The average Bonchev–Trinajstić information content (AvgIpc) is 2.68. The van der Waals surface area contributed by atoms with Crippen molar-refractivity contribution in [3.8, 4) is 0 Å². The summed E-state index contributed by atoms with van der Waals surface area (Å²) in [5.41, 5.74) is 0. The lowest BCUT2D eigenvalue weighted by Gasteiger charge is -2.28. The Morgan fingerprint density at radius 1 is 0.680 bits per heavy atom. The Balaban J connectivity index is 1.84. The van der Waals surface area contributed by atoms with Crippen LogP contribution < -0.4 is 10.6 Å². The summed E-state index contributed by atoms with van der Waals surface area (Å²) in [6, 6.07) is 20.4. The predicted molar refractivity (Wildman–Crippen MR) is 104 cm³/mol. The van der Waals surface area contributed by atoms with Gasteiger partial charge in [-0.1, -0.05) is 36.4 Å². The van der Waals surface area contributed by atoms with Crippen LogP contribution >= 0.6 is 7.49 Å². The molecule has 4 nitrogen and oxygen atoms in total. The van der Waals surface area contributed by atoms with E-state index in [4.69, 9.17) is 18.7 Å². The highest BCUT2D eigenvalue weighted by Crippen LogP contribution is 2.55. The molecular weight excluding hydrogens is 335 g/mol. The molecule has 0 aliphatic heterocycles. The highest BCUT2D eigenvalue weighted by Gasteiger charge is 2.32. The molecular formula is C20H27O4P. The quantitative estimate of drug-likeness (QED) is 0.330. The Labute approximate surface area is 151 Å². The van der Waals surface area contributed by atoms with Gasteiger partial charge in [0.25, 0.3) is 0 Å². The van der Waals surface area contributed by atoms with Gasteiger partial charge in [0.2, 0.25) is 0 Å². The molecule has 0 amide bonds. The van der Waals surface area contributed by atoms with Crippen LogP contribution in [-0.4, -0.2) is 46.8 Å². The Morgan fingerprint density at radius 3 is 1.60 bits per heavy atom. The van der Waals surface area contributed by atoms with Crippen molar-refractivity contribution in [3.63, 3.8) is 0 Å². The molecule has 0 heterocycles. The molecule has 0 spiro atoms. The Morgan fingerprint density at radius 2 is 1.12 bits per heavy atom. The van der Waals surface area contributed by atoms with Crippen molar-refractivity contribution in [1.82, 2.24) is 0 Å². The van der Waals surface area contributed by atoms with E-state index in [1.54, 1.807) is 7.11 Å². The van der Waals surface area contributed by atoms with E-state index in [-0.39, 0.29) is 0 Å². The van der Waals surface area contributed by atoms with Gasteiger partial charge in [-0.05, 0) is 24.3 Å². The summed E-state index contributed by atoms with van der Waals surface area (Å²) >= 11 is 0. The smallest absolute Gasteiger partial charge is 0.111 e. The SMILES string of the molecule is [CH2-][P+](OCCOCCOCCOC)(c1ccccc1)c1ccccc1. The first-order valence-corrected chi connectivity index (χ1v) is 10.3. The minimum atomic E-state index is -2.12. The third kappa shape index (κ3) is 6.50. The summed E-state index contributed by atoms with van der Waals surface area (Å²) < 4.78 is 22.1. The molecule has 0 bridgehead atoms. The van der Waals surface area contributed by atoms with Gasteiger partial charge in [-0.15, -0.1) is 6.66 Å². The van der Waals surface area contributed by atoms with E-state index in [0.29, 0.717) is 39.6 Å². The van der Waals surface area contributed by atoms with E-state index in [2.05, 4.69) is 30.9 Å². The van der Waals surface area contributed by atoms with Crippen molar-refractivity contribution in [1.29, 1.82) is 0 Å². The third-order valence-electron chi connectivity index (χ3n) is 3.69. The molecule has 2 rings (SSSR count). The van der Waals surface area contributed by atoms with Crippen molar-refractivity contribution < 1.29 is 18.7 Å². The number of hydrogen-bond donors (Lipinski definition) is 0. The molecule has 0 aliphatic carbocycles. The molecule has 0 fully saturated rings. The molecule has 0 N–H and O–H groups in total. The number of benzene rings is 2. The van der Waals surface area contributed by atoms with Gasteiger partial charge in [0.05, 0.1) is 51.1 Å². The molecule has 0 aliphatic rings. The Kier molecular flexibility index (Phi) is 9.09. The fraction of sp³-hybridized carbons (Fsp3) is 0.350. The molecule has 2 aromatic carbocycles. The first-order chi connectivity index (χ1) is 12.3. The summed E-state index contributed by atoms with van der Waals surface area (Å²) in [5, 5.41) is 2.26. The lowest BCUT2D eigenvalue weighted by atomic mass is 10.4. The Bertz CT molecular complexity index is 537. The van der Waals surface area contributed by atoms with Crippen molar-refractivity contribution in [2.75, 3.05) is 46.8 Å². The predicted octanol–water partition coefficient (Wildman–Crippen LogP) is 3.06. The van der Waals surface area contributed by atoms with E-state index in [0.717, 1.165) is 10.6 Å². The van der Waals surface area contributed by atoms with Crippen LogP contribution in [-0.2, 0) is 18.7 Å². The Hall–Kier alpha value is -1.29. The fourth-order valence-corrected chi connectivity index (χ4v) is 4.64. The van der Waals surface area contributed by atoms with Crippen LogP contribution in [0.4, 0.5) is 0 Å². The number of hydrogen-bond acceptors (Lipinski definition) is 4. The van der Waals surface area contributed by atoms with Crippen molar-refractivity contribution in [2.45, 2.75) is 0 Å². The maximum atomic E-state index is 6.26. The van der Waals surface area contributed by atoms with Crippen molar-refractivity contribution in [3.05, 3.63) is 67.3 Å². The summed E-state index contributed by atoms with van der Waals surface area (Å²) in [7, 11) is -0.465. The zero-order chi connectivity index (χ0) is 17.8. The number of ether oxygens (including phenoxy) is 3. The number of rotatable bonds is 12. The van der Waals surface area contributed by atoms with Crippen LogP contribution in [0, 0.1) is 6.66 Å². The summed E-state index contributed by atoms with van der Waals surface area (Å²) in [4.78, 5) is 0. The maximum absolute atomic E-state index is 6.26. The zero-order valence-electron chi connectivity index (χ0n) is 14.8. The van der Waals surface area contributed by atoms with Gasteiger partial charge in [-0.3, -0.25) is 4.52 Å². The normalized spacial score (nSPS) is 11.6. The topological polar surface area (TPSA) is 36.9 Å².